The molecule has 0 saturated heterocycles. The number of ether oxygens (including phenoxy) is 1. The monoisotopic (exact) mass is 135 g/mol. The summed E-state index contributed by atoms with van der Waals surface area (Å²) < 4.78 is 7.81. The van der Waals surface area contributed by atoms with Gasteiger partial charge in [-0.05, 0) is 6.42 Å². The highest BCUT2D eigenvalue weighted by Gasteiger charge is 1.81. The van der Waals surface area contributed by atoms with E-state index in [-0.39, 0.29) is 0 Å². The van der Waals surface area contributed by atoms with Crippen molar-refractivity contribution in [3.05, 3.63) is 0 Å². The summed E-state index contributed by atoms with van der Waals surface area (Å²) in [5.41, 5.74) is 0. The molecule has 0 aliphatic rings. The molecule has 0 saturated carbocycles. The minimum Gasteiger partial charge on any atom is -0.380 e. The molecule has 0 unspecified atom stereocenters. The molecule has 1 N–H and O–H groups in total. The Labute approximate surface area is 56.2 Å². The summed E-state index contributed by atoms with van der Waals surface area (Å²) in [6, 6.07) is 0. The van der Waals surface area contributed by atoms with Gasteiger partial charge in [-0.3, -0.25) is 4.72 Å². The molecule has 50 valence electrons. The lowest BCUT2D eigenvalue weighted by Gasteiger charge is -1.98. The first-order valence-electron chi connectivity index (χ1n) is 2.86. The van der Waals surface area contributed by atoms with Gasteiger partial charge in [-0.2, -0.15) is 0 Å². The third-order valence-electron chi connectivity index (χ3n) is 0.707. The first kappa shape index (κ1) is 8.27. The van der Waals surface area contributed by atoms with Crippen molar-refractivity contribution < 1.29 is 4.74 Å². The van der Waals surface area contributed by atoms with Crippen LogP contribution in [0.3, 0.4) is 0 Å². The van der Waals surface area contributed by atoms with E-state index in [1.807, 2.05) is 0 Å². The molecule has 0 aromatic carbocycles. The van der Waals surface area contributed by atoms with Crippen LogP contribution in [0.25, 0.3) is 0 Å². The maximum atomic E-state index is 5.11. The Balaban J connectivity index is 2.53. The second kappa shape index (κ2) is 7.27. The zero-order chi connectivity index (χ0) is 6.24. The Morgan fingerprint density at radius 3 is 2.75 bits per heavy atom. The molecule has 0 aromatic rings. The fourth-order valence-electron chi connectivity index (χ4n) is 0.364. The van der Waals surface area contributed by atoms with Crippen LogP contribution in [0.2, 0.25) is 0 Å². The summed E-state index contributed by atoms with van der Waals surface area (Å²) in [4.78, 5) is 0. The van der Waals surface area contributed by atoms with Crippen LogP contribution in [0, 0.1) is 0 Å². The van der Waals surface area contributed by atoms with Gasteiger partial charge in [0.1, 0.15) is 0 Å². The second-order valence-corrected chi connectivity index (χ2v) is 1.84. The molecule has 0 atom stereocenters. The zero-order valence-electron chi connectivity index (χ0n) is 5.18. The summed E-state index contributed by atoms with van der Waals surface area (Å²) in [7, 11) is 0. The molecule has 2 nitrogen and oxygen atoms in total. The lowest BCUT2D eigenvalue weighted by molar-refractivity contribution is 0.140. The number of hydrogen-bond acceptors (Lipinski definition) is 3. The molecule has 0 amide bonds. The van der Waals surface area contributed by atoms with Crippen LogP contribution in [0.4, 0.5) is 0 Å². The van der Waals surface area contributed by atoms with E-state index in [1.165, 1.54) is 0 Å². The van der Waals surface area contributed by atoms with Crippen LogP contribution in [0.1, 0.15) is 13.3 Å². The van der Waals surface area contributed by atoms with Crippen LogP contribution in [-0.2, 0) is 4.74 Å². The molecule has 0 heterocycles. The Morgan fingerprint density at radius 1 is 1.50 bits per heavy atom. The molecule has 0 aromatic heterocycles. The van der Waals surface area contributed by atoms with Crippen molar-refractivity contribution >= 4 is 12.8 Å². The van der Waals surface area contributed by atoms with E-state index >= 15 is 0 Å². The number of hydrogen-bond donors (Lipinski definition) is 2. The Kier molecular flexibility index (Phi) is 7.52. The standard InChI is InChI=1S/C5H13NOS/c1-2-4-7-5-3-6-8/h6,8H,2-5H2,1H3. The highest BCUT2D eigenvalue weighted by molar-refractivity contribution is 7.78. The fraction of sp³-hybridized carbons (Fsp3) is 1.00. The number of nitrogens with one attached hydrogen (secondary N) is 1. The van der Waals surface area contributed by atoms with E-state index in [1.54, 1.807) is 0 Å². The third kappa shape index (κ3) is 6.27. The minimum atomic E-state index is 0.761. The first-order chi connectivity index (χ1) is 3.91. The van der Waals surface area contributed by atoms with Gasteiger partial charge in [0.25, 0.3) is 0 Å². The predicted octanol–water partition coefficient (Wildman–Crippen LogP) is 0.847. The molecule has 0 radical (unpaired) electrons. The number of thiol groups is 1. The molecule has 0 rings (SSSR count). The van der Waals surface area contributed by atoms with Gasteiger partial charge in [0.05, 0.1) is 6.61 Å². The van der Waals surface area contributed by atoms with E-state index in [4.69, 9.17) is 4.74 Å². The van der Waals surface area contributed by atoms with Gasteiger partial charge in [0.15, 0.2) is 0 Å². The van der Waals surface area contributed by atoms with E-state index in [0.29, 0.717) is 0 Å². The smallest absolute Gasteiger partial charge is 0.0600 e. The molecule has 0 fully saturated rings. The van der Waals surface area contributed by atoms with Crippen molar-refractivity contribution in [3.63, 3.8) is 0 Å². The van der Waals surface area contributed by atoms with Gasteiger partial charge in [-0.25, -0.2) is 0 Å². The quantitative estimate of drug-likeness (QED) is 0.431. The van der Waals surface area contributed by atoms with Crippen LogP contribution in [0.5, 0.6) is 0 Å². The molecule has 0 spiro atoms. The molecule has 3 heteroatoms. The fourth-order valence-corrected chi connectivity index (χ4v) is 0.455. The molecular weight excluding hydrogens is 122 g/mol. The minimum absolute atomic E-state index is 0.761. The highest BCUT2D eigenvalue weighted by Crippen LogP contribution is 1.77. The van der Waals surface area contributed by atoms with Gasteiger partial charge in [0, 0.05) is 13.2 Å². The van der Waals surface area contributed by atoms with Crippen LogP contribution in [-0.4, -0.2) is 19.8 Å². The Hall–Kier alpha value is 0.270. The average Bonchev–Trinajstić information content (AvgIpc) is 1.81. The maximum Gasteiger partial charge on any atom is 0.0600 e. The van der Waals surface area contributed by atoms with E-state index in [2.05, 4.69) is 24.5 Å². The summed E-state index contributed by atoms with van der Waals surface area (Å²) in [6.45, 7) is 4.53. The van der Waals surface area contributed by atoms with Crippen molar-refractivity contribution in [1.29, 1.82) is 0 Å². The van der Waals surface area contributed by atoms with Crippen molar-refractivity contribution in [1.82, 2.24) is 4.72 Å². The van der Waals surface area contributed by atoms with Gasteiger partial charge in [0.2, 0.25) is 0 Å². The SMILES string of the molecule is CCCOCCNS. The molecule has 0 aliphatic heterocycles. The first-order valence-corrected chi connectivity index (χ1v) is 3.31. The zero-order valence-corrected chi connectivity index (χ0v) is 6.08. The van der Waals surface area contributed by atoms with Crippen LogP contribution < -0.4 is 4.72 Å². The van der Waals surface area contributed by atoms with Crippen molar-refractivity contribution in [2.45, 2.75) is 13.3 Å². The summed E-state index contributed by atoms with van der Waals surface area (Å²) in [5, 5.41) is 0. The normalized spacial score (nSPS) is 9.75. The van der Waals surface area contributed by atoms with Gasteiger partial charge < -0.3 is 4.74 Å². The van der Waals surface area contributed by atoms with Crippen molar-refractivity contribution in [2.75, 3.05) is 19.8 Å². The average molecular weight is 135 g/mol. The largest absolute Gasteiger partial charge is 0.380 e. The number of rotatable bonds is 5. The maximum absolute atomic E-state index is 5.11. The van der Waals surface area contributed by atoms with E-state index < -0.39 is 0 Å². The molecule has 0 aliphatic carbocycles. The molecule has 0 bridgehead atoms. The van der Waals surface area contributed by atoms with Gasteiger partial charge in [-0.15, -0.1) is 0 Å². The second-order valence-electron chi connectivity index (χ2n) is 1.52. The van der Waals surface area contributed by atoms with Crippen molar-refractivity contribution in [3.8, 4) is 0 Å². The van der Waals surface area contributed by atoms with Crippen LogP contribution in [0.15, 0.2) is 0 Å². The Morgan fingerprint density at radius 2 is 2.25 bits per heavy atom. The van der Waals surface area contributed by atoms with Gasteiger partial charge in [-0.1, -0.05) is 19.7 Å². The lowest BCUT2D eigenvalue weighted by atomic mass is 10.5. The summed E-state index contributed by atoms with van der Waals surface area (Å²) >= 11 is 3.79. The summed E-state index contributed by atoms with van der Waals surface area (Å²) in [5.74, 6) is 0. The van der Waals surface area contributed by atoms with E-state index in [0.717, 1.165) is 26.2 Å². The molecular formula is C5H13NOS. The lowest BCUT2D eigenvalue weighted by Crippen LogP contribution is -2.09. The highest BCUT2D eigenvalue weighted by atomic mass is 32.1. The van der Waals surface area contributed by atoms with E-state index in [9.17, 15) is 0 Å². The van der Waals surface area contributed by atoms with Crippen molar-refractivity contribution in [2.24, 2.45) is 0 Å². The Bertz CT molecular complexity index is 37.4. The third-order valence-corrected chi connectivity index (χ3v) is 0.930. The van der Waals surface area contributed by atoms with Gasteiger partial charge >= 0.3 is 0 Å². The summed E-state index contributed by atoms with van der Waals surface area (Å²) in [6.07, 6.45) is 1.09. The van der Waals surface area contributed by atoms with Crippen LogP contribution >= 0.6 is 12.8 Å². The molecule has 8 heavy (non-hydrogen) atoms. The topological polar surface area (TPSA) is 21.3 Å². The predicted molar refractivity (Wildman–Crippen MR) is 38.1 cm³/mol.